The highest BCUT2D eigenvalue weighted by Gasteiger charge is 1.98. The largest absolute Gasteiger partial charge is 0.399 e. The van der Waals surface area contributed by atoms with E-state index >= 15 is 0 Å². The Bertz CT molecular complexity index is 482. The molecule has 100 valence electrons. The van der Waals surface area contributed by atoms with Gasteiger partial charge in [-0.15, -0.1) is 0 Å². The van der Waals surface area contributed by atoms with E-state index < -0.39 is 0 Å². The van der Waals surface area contributed by atoms with E-state index in [9.17, 15) is 0 Å². The highest BCUT2D eigenvalue weighted by Crippen LogP contribution is 2.11. The summed E-state index contributed by atoms with van der Waals surface area (Å²) < 4.78 is 5.66. The monoisotopic (exact) mass is 255 g/mol. The predicted octanol–water partition coefficient (Wildman–Crippen LogP) is 3.46. The van der Waals surface area contributed by atoms with E-state index in [0.717, 1.165) is 38.2 Å². The molecule has 0 saturated heterocycles. The molecule has 0 unspecified atom stereocenters. The van der Waals surface area contributed by atoms with Crippen LogP contribution >= 0.6 is 0 Å². The fourth-order valence-corrected chi connectivity index (χ4v) is 2.07. The number of nitrogen functional groups attached to an aromatic ring is 1. The third kappa shape index (κ3) is 4.76. The van der Waals surface area contributed by atoms with Gasteiger partial charge in [0.1, 0.15) is 0 Å². The van der Waals surface area contributed by atoms with Crippen molar-refractivity contribution in [1.29, 1.82) is 0 Å². The van der Waals surface area contributed by atoms with Crippen molar-refractivity contribution >= 4 is 5.69 Å². The Morgan fingerprint density at radius 3 is 2.32 bits per heavy atom. The van der Waals surface area contributed by atoms with Crippen molar-refractivity contribution in [3.63, 3.8) is 0 Å². The van der Waals surface area contributed by atoms with E-state index in [1.165, 1.54) is 11.1 Å². The molecule has 2 heteroatoms. The Hall–Kier alpha value is -1.80. The first-order chi connectivity index (χ1) is 9.36. The molecular weight excluding hydrogens is 234 g/mol. The van der Waals surface area contributed by atoms with Crippen molar-refractivity contribution in [2.75, 3.05) is 18.9 Å². The average Bonchev–Trinajstić information content (AvgIpc) is 2.45. The van der Waals surface area contributed by atoms with Gasteiger partial charge in [-0.3, -0.25) is 0 Å². The van der Waals surface area contributed by atoms with Gasteiger partial charge in [-0.2, -0.15) is 0 Å². The number of ether oxygens (including phenoxy) is 1. The second-order valence-corrected chi connectivity index (χ2v) is 4.65. The van der Waals surface area contributed by atoms with Crippen molar-refractivity contribution in [3.8, 4) is 0 Å². The molecule has 2 aromatic rings. The van der Waals surface area contributed by atoms with Gasteiger partial charge in [0, 0.05) is 12.3 Å². The van der Waals surface area contributed by atoms with Crippen LogP contribution in [0.4, 0.5) is 5.69 Å². The molecule has 19 heavy (non-hydrogen) atoms. The van der Waals surface area contributed by atoms with Crippen LogP contribution in [0.1, 0.15) is 17.5 Å². The highest BCUT2D eigenvalue weighted by molar-refractivity contribution is 5.46. The molecule has 0 bridgehead atoms. The highest BCUT2D eigenvalue weighted by atomic mass is 16.5. The van der Waals surface area contributed by atoms with Gasteiger partial charge in [-0.25, -0.2) is 0 Å². The van der Waals surface area contributed by atoms with Gasteiger partial charge in [0.05, 0.1) is 6.61 Å². The van der Waals surface area contributed by atoms with E-state index in [-0.39, 0.29) is 0 Å². The number of nitrogens with two attached hydrogens (primary N) is 1. The first-order valence-electron chi connectivity index (χ1n) is 6.81. The second kappa shape index (κ2) is 7.59. The van der Waals surface area contributed by atoms with Gasteiger partial charge >= 0.3 is 0 Å². The predicted molar refractivity (Wildman–Crippen MR) is 80.1 cm³/mol. The van der Waals surface area contributed by atoms with Crippen LogP contribution in [-0.4, -0.2) is 13.2 Å². The summed E-state index contributed by atoms with van der Waals surface area (Å²) >= 11 is 0. The van der Waals surface area contributed by atoms with Crippen molar-refractivity contribution in [2.24, 2.45) is 0 Å². The number of para-hydroxylation sites is 1. The van der Waals surface area contributed by atoms with Crippen molar-refractivity contribution in [1.82, 2.24) is 0 Å². The summed E-state index contributed by atoms with van der Waals surface area (Å²) in [7, 11) is 0. The topological polar surface area (TPSA) is 35.2 Å². The number of aryl methyl sites for hydroxylation is 1. The summed E-state index contributed by atoms with van der Waals surface area (Å²) in [5.74, 6) is 0. The lowest BCUT2D eigenvalue weighted by Gasteiger charge is -2.06. The second-order valence-electron chi connectivity index (χ2n) is 4.65. The van der Waals surface area contributed by atoms with Crippen LogP contribution in [0.5, 0.6) is 0 Å². The molecule has 2 aromatic carbocycles. The van der Waals surface area contributed by atoms with Crippen LogP contribution in [0.25, 0.3) is 0 Å². The van der Waals surface area contributed by atoms with Crippen LogP contribution in [0.15, 0.2) is 54.6 Å². The summed E-state index contributed by atoms with van der Waals surface area (Å²) in [6.45, 7) is 1.55. The van der Waals surface area contributed by atoms with Gasteiger partial charge in [0.25, 0.3) is 0 Å². The molecule has 0 atom stereocenters. The number of anilines is 1. The zero-order valence-electron chi connectivity index (χ0n) is 11.2. The van der Waals surface area contributed by atoms with Crippen LogP contribution in [0, 0.1) is 0 Å². The Morgan fingerprint density at radius 2 is 1.53 bits per heavy atom. The molecule has 0 aliphatic rings. The van der Waals surface area contributed by atoms with Gasteiger partial charge in [0.2, 0.25) is 0 Å². The summed E-state index contributed by atoms with van der Waals surface area (Å²) in [6.07, 6.45) is 3.03. The van der Waals surface area contributed by atoms with E-state index in [0.29, 0.717) is 0 Å². The molecule has 0 aliphatic carbocycles. The van der Waals surface area contributed by atoms with Crippen molar-refractivity contribution in [2.45, 2.75) is 19.3 Å². The molecule has 0 spiro atoms. The number of benzene rings is 2. The van der Waals surface area contributed by atoms with Crippen LogP contribution in [0.3, 0.4) is 0 Å². The maximum absolute atomic E-state index is 5.88. The maximum Gasteiger partial charge on any atom is 0.0507 e. The zero-order valence-corrected chi connectivity index (χ0v) is 11.2. The first kappa shape index (κ1) is 13.6. The molecule has 0 heterocycles. The van der Waals surface area contributed by atoms with E-state index in [2.05, 4.69) is 30.3 Å². The normalized spacial score (nSPS) is 10.5. The van der Waals surface area contributed by atoms with Crippen LogP contribution in [-0.2, 0) is 17.6 Å². The maximum atomic E-state index is 5.88. The minimum absolute atomic E-state index is 0.739. The fraction of sp³-hybridized carbons (Fsp3) is 0.294. The molecule has 0 radical (unpaired) electrons. The molecule has 0 amide bonds. The first-order valence-corrected chi connectivity index (χ1v) is 6.81. The SMILES string of the molecule is Nc1ccccc1CCOCCCc1ccccc1. The number of hydrogen-bond donors (Lipinski definition) is 1. The van der Waals surface area contributed by atoms with Crippen molar-refractivity contribution in [3.05, 3.63) is 65.7 Å². The average molecular weight is 255 g/mol. The summed E-state index contributed by atoms with van der Waals surface area (Å²) in [5, 5.41) is 0. The third-order valence-corrected chi connectivity index (χ3v) is 3.17. The lowest BCUT2D eigenvalue weighted by atomic mass is 10.1. The lowest BCUT2D eigenvalue weighted by molar-refractivity contribution is 0.135. The summed E-state index contributed by atoms with van der Waals surface area (Å²) in [6, 6.07) is 18.5. The van der Waals surface area contributed by atoms with Gasteiger partial charge in [-0.1, -0.05) is 48.5 Å². The molecule has 0 aromatic heterocycles. The Labute approximate surface area is 115 Å². The number of rotatable bonds is 7. The standard InChI is InChI=1S/C17H21NO/c18-17-11-5-4-10-16(17)12-14-19-13-6-9-15-7-2-1-3-8-15/h1-5,7-8,10-11H,6,9,12-14,18H2. The molecule has 0 fully saturated rings. The minimum atomic E-state index is 0.739. The fourth-order valence-electron chi connectivity index (χ4n) is 2.07. The molecule has 2 N–H and O–H groups in total. The van der Waals surface area contributed by atoms with E-state index in [1.54, 1.807) is 0 Å². The van der Waals surface area contributed by atoms with Crippen LogP contribution in [0.2, 0.25) is 0 Å². The molecule has 0 saturated carbocycles. The Kier molecular flexibility index (Phi) is 5.45. The van der Waals surface area contributed by atoms with E-state index in [4.69, 9.17) is 10.5 Å². The zero-order chi connectivity index (χ0) is 13.3. The molecular formula is C17H21NO. The third-order valence-electron chi connectivity index (χ3n) is 3.17. The summed E-state index contributed by atoms with van der Waals surface area (Å²) in [5.41, 5.74) is 9.28. The number of hydrogen-bond acceptors (Lipinski definition) is 2. The molecule has 2 nitrogen and oxygen atoms in total. The summed E-state index contributed by atoms with van der Waals surface area (Å²) in [4.78, 5) is 0. The van der Waals surface area contributed by atoms with Gasteiger partial charge in [-0.05, 0) is 36.5 Å². The Morgan fingerprint density at radius 1 is 0.789 bits per heavy atom. The minimum Gasteiger partial charge on any atom is -0.399 e. The van der Waals surface area contributed by atoms with Crippen LogP contribution < -0.4 is 5.73 Å². The lowest BCUT2D eigenvalue weighted by Crippen LogP contribution is -2.03. The molecule has 0 aliphatic heterocycles. The van der Waals surface area contributed by atoms with E-state index in [1.807, 2.05) is 24.3 Å². The Balaban J connectivity index is 1.59. The van der Waals surface area contributed by atoms with Gasteiger partial charge in [0.15, 0.2) is 0 Å². The van der Waals surface area contributed by atoms with Gasteiger partial charge < -0.3 is 10.5 Å². The quantitative estimate of drug-likeness (QED) is 0.607. The molecule has 2 rings (SSSR count). The van der Waals surface area contributed by atoms with Crippen molar-refractivity contribution < 1.29 is 4.74 Å². The smallest absolute Gasteiger partial charge is 0.0507 e.